The summed E-state index contributed by atoms with van der Waals surface area (Å²) in [4.78, 5) is 0. The van der Waals surface area contributed by atoms with Gasteiger partial charge in [-0.15, -0.1) is 0 Å². The molecule has 0 atom stereocenters. The summed E-state index contributed by atoms with van der Waals surface area (Å²) in [7, 11) is 0. The monoisotopic (exact) mass is 187 g/mol. The van der Waals surface area contributed by atoms with Gasteiger partial charge in [-0.3, -0.25) is 0 Å². The Balaban J connectivity index is 3.28. The number of rotatable bonds is 9. The Kier molecular flexibility index (Phi) is 9.94. The molecule has 0 aromatic heterocycles. The lowest BCUT2D eigenvalue weighted by molar-refractivity contribution is 0.114. The average molecular weight is 187 g/mol. The summed E-state index contributed by atoms with van der Waals surface area (Å²) in [6.45, 7) is 4.41. The Labute approximate surface area is 82.7 Å². The van der Waals surface area contributed by atoms with Crippen LogP contribution in [0, 0.1) is 0 Å². The zero-order valence-electron chi connectivity index (χ0n) is 9.18. The van der Waals surface area contributed by atoms with Crippen LogP contribution in [0.3, 0.4) is 0 Å². The molecule has 0 aliphatic heterocycles. The molecule has 0 heterocycles. The second kappa shape index (κ2) is 10.0. The second-order valence-electron chi connectivity index (χ2n) is 3.82. The van der Waals surface area contributed by atoms with Gasteiger partial charge in [-0.25, -0.2) is 5.48 Å². The molecule has 0 amide bonds. The van der Waals surface area contributed by atoms with Crippen LogP contribution >= 0.6 is 0 Å². The number of nitrogens with one attached hydrogen (secondary N) is 1. The fraction of sp³-hybridized carbons (Fsp3) is 1.00. The van der Waals surface area contributed by atoms with Gasteiger partial charge in [0.05, 0.1) is 0 Å². The third-order valence-electron chi connectivity index (χ3n) is 2.49. The Hall–Kier alpha value is -0.0800. The Bertz CT molecular complexity index is 86.1. The lowest BCUT2D eigenvalue weighted by Crippen LogP contribution is -2.25. The van der Waals surface area contributed by atoms with E-state index in [4.69, 9.17) is 5.21 Å². The van der Waals surface area contributed by atoms with Crippen molar-refractivity contribution < 1.29 is 5.21 Å². The second-order valence-corrected chi connectivity index (χ2v) is 3.82. The summed E-state index contributed by atoms with van der Waals surface area (Å²) in [6.07, 6.45) is 9.79. The van der Waals surface area contributed by atoms with Crippen LogP contribution < -0.4 is 5.48 Å². The Morgan fingerprint density at radius 1 is 0.923 bits per heavy atom. The standard InChI is InChI=1S/C11H25NO/c1-3-5-7-9-11(12-13)10-8-6-4-2/h11-13H,3-10H2,1-2H3. The predicted octanol–water partition coefficient (Wildman–Crippen LogP) is 3.49. The minimum Gasteiger partial charge on any atom is -0.317 e. The van der Waals surface area contributed by atoms with Crippen molar-refractivity contribution in [2.45, 2.75) is 71.3 Å². The molecule has 2 N–H and O–H groups in total. The molecule has 0 aliphatic carbocycles. The highest BCUT2D eigenvalue weighted by molar-refractivity contribution is 4.62. The van der Waals surface area contributed by atoms with Crippen molar-refractivity contribution in [3.8, 4) is 0 Å². The molecule has 0 aliphatic rings. The summed E-state index contributed by atoms with van der Waals surface area (Å²) in [6, 6.07) is 0.332. The summed E-state index contributed by atoms with van der Waals surface area (Å²) in [5.74, 6) is 0. The molecule has 0 spiro atoms. The molecule has 0 fully saturated rings. The van der Waals surface area contributed by atoms with Crippen LogP contribution in [0.4, 0.5) is 0 Å². The van der Waals surface area contributed by atoms with Crippen LogP contribution in [0.25, 0.3) is 0 Å². The van der Waals surface area contributed by atoms with Crippen molar-refractivity contribution in [2.24, 2.45) is 0 Å². The molecule has 0 saturated heterocycles. The predicted molar refractivity (Wildman–Crippen MR) is 57.0 cm³/mol. The molecule has 13 heavy (non-hydrogen) atoms. The maximum atomic E-state index is 8.87. The smallest absolute Gasteiger partial charge is 0.0319 e. The Morgan fingerprint density at radius 2 is 1.38 bits per heavy atom. The van der Waals surface area contributed by atoms with Gasteiger partial charge in [-0.1, -0.05) is 52.4 Å². The van der Waals surface area contributed by atoms with E-state index >= 15 is 0 Å². The zero-order valence-corrected chi connectivity index (χ0v) is 9.18. The molecule has 0 radical (unpaired) electrons. The fourth-order valence-corrected chi connectivity index (χ4v) is 1.55. The van der Waals surface area contributed by atoms with E-state index in [9.17, 15) is 0 Å². The van der Waals surface area contributed by atoms with Gasteiger partial charge in [0.2, 0.25) is 0 Å². The van der Waals surface area contributed by atoms with Crippen LogP contribution in [0.1, 0.15) is 65.2 Å². The molecular formula is C11H25NO. The van der Waals surface area contributed by atoms with Gasteiger partial charge in [0.15, 0.2) is 0 Å². The van der Waals surface area contributed by atoms with Gasteiger partial charge in [-0.05, 0) is 12.8 Å². The van der Waals surface area contributed by atoms with E-state index in [1.54, 1.807) is 0 Å². The van der Waals surface area contributed by atoms with E-state index in [1.807, 2.05) is 0 Å². The van der Waals surface area contributed by atoms with Gasteiger partial charge >= 0.3 is 0 Å². The van der Waals surface area contributed by atoms with E-state index in [1.165, 1.54) is 38.5 Å². The van der Waals surface area contributed by atoms with Crippen molar-refractivity contribution >= 4 is 0 Å². The molecule has 0 rings (SSSR count). The third kappa shape index (κ3) is 8.26. The van der Waals surface area contributed by atoms with Crippen LogP contribution in [-0.2, 0) is 0 Å². The van der Waals surface area contributed by atoms with Gasteiger partial charge < -0.3 is 5.21 Å². The van der Waals surface area contributed by atoms with Crippen LogP contribution in [-0.4, -0.2) is 11.2 Å². The van der Waals surface area contributed by atoms with Crippen LogP contribution in [0.5, 0.6) is 0 Å². The number of hydroxylamine groups is 1. The maximum Gasteiger partial charge on any atom is 0.0319 e. The van der Waals surface area contributed by atoms with E-state index in [0.29, 0.717) is 6.04 Å². The SMILES string of the molecule is CCCCCC(CCCCC)NO. The van der Waals surface area contributed by atoms with Crippen molar-refractivity contribution in [3.63, 3.8) is 0 Å². The minimum absolute atomic E-state index is 0.332. The van der Waals surface area contributed by atoms with Gasteiger partial charge in [-0.2, -0.15) is 0 Å². The van der Waals surface area contributed by atoms with Gasteiger partial charge in [0.1, 0.15) is 0 Å². The summed E-state index contributed by atoms with van der Waals surface area (Å²) in [5, 5.41) is 8.87. The first-order valence-electron chi connectivity index (χ1n) is 5.74. The van der Waals surface area contributed by atoms with Crippen molar-refractivity contribution in [1.29, 1.82) is 0 Å². The largest absolute Gasteiger partial charge is 0.317 e. The molecule has 0 aromatic rings. The highest BCUT2D eigenvalue weighted by Crippen LogP contribution is 2.10. The summed E-state index contributed by atoms with van der Waals surface area (Å²) >= 11 is 0. The molecule has 2 nitrogen and oxygen atoms in total. The van der Waals surface area contributed by atoms with Crippen molar-refractivity contribution in [3.05, 3.63) is 0 Å². The van der Waals surface area contributed by atoms with E-state index in [-0.39, 0.29) is 0 Å². The van der Waals surface area contributed by atoms with Gasteiger partial charge in [0.25, 0.3) is 0 Å². The highest BCUT2D eigenvalue weighted by atomic mass is 16.5. The fourth-order valence-electron chi connectivity index (χ4n) is 1.55. The molecule has 80 valence electrons. The highest BCUT2D eigenvalue weighted by Gasteiger charge is 2.05. The van der Waals surface area contributed by atoms with Gasteiger partial charge in [0, 0.05) is 6.04 Å². The first kappa shape index (κ1) is 12.9. The summed E-state index contributed by atoms with van der Waals surface area (Å²) in [5.41, 5.74) is 2.42. The van der Waals surface area contributed by atoms with E-state index < -0.39 is 0 Å². The Morgan fingerprint density at radius 3 is 1.69 bits per heavy atom. The normalized spacial score (nSPS) is 11.1. The number of unbranched alkanes of at least 4 members (excludes halogenated alkanes) is 4. The van der Waals surface area contributed by atoms with Crippen molar-refractivity contribution in [1.82, 2.24) is 5.48 Å². The van der Waals surface area contributed by atoms with Crippen LogP contribution in [0.2, 0.25) is 0 Å². The molecular weight excluding hydrogens is 162 g/mol. The quantitative estimate of drug-likeness (QED) is 0.428. The first-order chi connectivity index (χ1) is 6.35. The zero-order chi connectivity index (χ0) is 9.94. The lowest BCUT2D eigenvalue weighted by Gasteiger charge is -2.13. The van der Waals surface area contributed by atoms with Crippen LogP contribution in [0.15, 0.2) is 0 Å². The third-order valence-corrected chi connectivity index (χ3v) is 2.49. The first-order valence-corrected chi connectivity index (χ1v) is 5.74. The molecule has 0 saturated carbocycles. The number of hydrogen-bond donors (Lipinski definition) is 2. The average Bonchev–Trinajstić information content (AvgIpc) is 2.16. The molecule has 0 bridgehead atoms. The molecule has 2 heteroatoms. The van der Waals surface area contributed by atoms with Crippen molar-refractivity contribution in [2.75, 3.05) is 0 Å². The number of hydrogen-bond acceptors (Lipinski definition) is 2. The molecule has 0 unspecified atom stereocenters. The maximum absolute atomic E-state index is 8.87. The summed E-state index contributed by atoms with van der Waals surface area (Å²) < 4.78 is 0. The molecule has 0 aromatic carbocycles. The minimum atomic E-state index is 0.332. The van der Waals surface area contributed by atoms with E-state index in [0.717, 1.165) is 12.8 Å². The topological polar surface area (TPSA) is 32.3 Å². The lowest BCUT2D eigenvalue weighted by atomic mass is 10.0. The van der Waals surface area contributed by atoms with E-state index in [2.05, 4.69) is 19.3 Å².